The van der Waals surface area contributed by atoms with E-state index in [1.165, 1.54) is 0 Å². The third-order valence-corrected chi connectivity index (χ3v) is 1.02. The van der Waals surface area contributed by atoms with Crippen LogP contribution < -0.4 is 11.5 Å². The first-order valence-electron chi connectivity index (χ1n) is 3.80. The predicted octanol–water partition coefficient (Wildman–Crippen LogP) is -0.310. The number of rotatable bonds is 4. The van der Waals surface area contributed by atoms with Gasteiger partial charge >= 0.3 is 5.97 Å². The number of primary amides is 1. The molecule has 0 spiro atoms. The molecule has 1 unspecified atom stereocenters. The van der Waals surface area contributed by atoms with E-state index < -0.39 is 17.9 Å². The fourth-order valence-electron chi connectivity index (χ4n) is 0.421. The molecule has 5 heteroatoms. The lowest BCUT2D eigenvalue weighted by Gasteiger charge is -2.01. The van der Waals surface area contributed by atoms with Gasteiger partial charge in [-0.3, -0.25) is 9.59 Å². The van der Waals surface area contributed by atoms with Crippen molar-refractivity contribution in [3.05, 3.63) is 0 Å². The van der Waals surface area contributed by atoms with Crippen LogP contribution in [0.4, 0.5) is 0 Å². The van der Waals surface area contributed by atoms with Crippen LogP contribution in [0.15, 0.2) is 0 Å². The van der Waals surface area contributed by atoms with Gasteiger partial charge in [0.15, 0.2) is 0 Å². The van der Waals surface area contributed by atoms with Crippen LogP contribution in [0.25, 0.3) is 0 Å². The molecule has 1 atom stereocenters. The summed E-state index contributed by atoms with van der Waals surface area (Å²) in [5.74, 6) is -1.64. The zero-order valence-electron chi connectivity index (χ0n) is 7.41. The van der Waals surface area contributed by atoms with E-state index in [1.807, 2.05) is 13.8 Å². The third kappa shape index (κ3) is 8.90. The van der Waals surface area contributed by atoms with Crippen molar-refractivity contribution < 1.29 is 14.7 Å². The molecule has 0 aromatic heterocycles. The molecule has 0 saturated carbocycles. The Morgan fingerprint density at radius 2 is 1.83 bits per heavy atom. The first-order valence-corrected chi connectivity index (χ1v) is 3.80. The molecule has 0 aliphatic heterocycles. The minimum Gasteiger partial charge on any atom is -0.480 e. The first-order chi connectivity index (χ1) is 5.54. The van der Waals surface area contributed by atoms with Gasteiger partial charge in [-0.15, -0.1) is 0 Å². The Bertz CT molecular complexity index is 148. The van der Waals surface area contributed by atoms with E-state index in [9.17, 15) is 9.59 Å². The van der Waals surface area contributed by atoms with Crippen LogP contribution >= 0.6 is 0 Å². The molecular weight excluding hydrogens is 160 g/mol. The fourth-order valence-corrected chi connectivity index (χ4v) is 0.421. The lowest BCUT2D eigenvalue weighted by Crippen LogP contribution is -2.31. The summed E-state index contributed by atoms with van der Waals surface area (Å²) in [5, 5.41) is 8.22. The summed E-state index contributed by atoms with van der Waals surface area (Å²) < 4.78 is 0. The zero-order valence-corrected chi connectivity index (χ0v) is 7.41. The minimum absolute atomic E-state index is 0.0213. The second-order valence-corrected chi connectivity index (χ2v) is 1.95. The second kappa shape index (κ2) is 8.00. The number of carboxylic acid groups (broad SMARTS) is 1. The maximum atomic E-state index is 10.1. The number of hydrogen-bond acceptors (Lipinski definition) is 3. The average molecular weight is 176 g/mol. The van der Waals surface area contributed by atoms with E-state index in [4.69, 9.17) is 16.6 Å². The number of carbonyl (C=O) groups is 2. The van der Waals surface area contributed by atoms with Gasteiger partial charge in [-0.05, 0) is 6.42 Å². The lowest BCUT2D eigenvalue weighted by atomic mass is 10.2. The van der Waals surface area contributed by atoms with E-state index in [0.29, 0.717) is 0 Å². The third-order valence-electron chi connectivity index (χ3n) is 1.02. The maximum Gasteiger partial charge on any atom is 0.320 e. The van der Waals surface area contributed by atoms with Gasteiger partial charge in [0.2, 0.25) is 5.91 Å². The number of aliphatic carboxylic acids is 1. The molecule has 0 radical (unpaired) electrons. The van der Waals surface area contributed by atoms with E-state index >= 15 is 0 Å². The van der Waals surface area contributed by atoms with Crippen molar-refractivity contribution >= 4 is 11.9 Å². The monoisotopic (exact) mass is 176 g/mol. The molecule has 1 amide bonds. The van der Waals surface area contributed by atoms with Gasteiger partial charge in [0.05, 0.1) is 0 Å². The van der Waals surface area contributed by atoms with Gasteiger partial charge in [0, 0.05) is 6.42 Å². The van der Waals surface area contributed by atoms with Gasteiger partial charge < -0.3 is 16.6 Å². The van der Waals surface area contributed by atoms with Crippen LogP contribution in [0.5, 0.6) is 0 Å². The highest BCUT2D eigenvalue weighted by atomic mass is 16.4. The summed E-state index contributed by atoms with van der Waals surface area (Å²) in [4.78, 5) is 20.1. The first kappa shape index (κ1) is 13.5. The van der Waals surface area contributed by atoms with Gasteiger partial charge in [-0.1, -0.05) is 13.8 Å². The molecule has 0 bridgehead atoms. The standard InChI is InChI=1S/C5H10N2O3.C2H6/c6-3(5(9)10)1-2-4(7)8;1-2/h3H,1-2,6H2,(H2,7,8)(H,9,10);1-2H3. The largest absolute Gasteiger partial charge is 0.480 e. The van der Waals surface area contributed by atoms with Crippen molar-refractivity contribution in [1.29, 1.82) is 0 Å². The van der Waals surface area contributed by atoms with Gasteiger partial charge in [-0.25, -0.2) is 0 Å². The van der Waals surface area contributed by atoms with Crippen molar-refractivity contribution in [3.8, 4) is 0 Å². The molecule has 0 heterocycles. The molecule has 0 aromatic carbocycles. The smallest absolute Gasteiger partial charge is 0.320 e. The molecule has 0 rings (SSSR count). The molecule has 0 saturated heterocycles. The average Bonchev–Trinajstić information content (AvgIpc) is 2.03. The molecule has 12 heavy (non-hydrogen) atoms. The van der Waals surface area contributed by atoms with E-state index in [1.54, 1.807) is 0 Å². The number of carbonyl (C=O) groups excluding carboxylic acids is 1. The van der Waals surface area contributed by atoms with Crippen molar-refractivity contribution in [2.45, 2.75) is 32.7 Å². The quantitative estimate of drug-likeness (QED) is 0.546. The number of nitrogens with two attached hydrogens (primary N) is 2. The van der Waals surface area contributed by atoms with E-state index in [2.05, 4.69) is 0 Å². The van der Waals surface area contributed by atoms with Gasteiger partial charge in [-0.2, -0.15) is 0 Å². The highest BCUT2D eigenvalue weighted by Crippen LogP contribution is 1.92. The summed E-state index contributed by atoms with van der Waals surface area (Å²) in [7, 11) is 0. The van der Waals surface area contributed by atoms with Crippen LogP contribution in [0.2, 0.25) is 0 Å². The summed E-state index contributed by atoms with van der Waals surface area (Å²) >= 11 is 0. The molecule has 0 aliphatic carbocycles. The van der Waals surface area contributed by atoms with Crippen LogP contribution in [-0.2, 0) is 9.59 Å². The van der Waals surface area contributed by atoms with Crippen LogP contribution in [-0.4, -0.2) is 23.0 Å². The highest BCUT2D eigenvalue weighted by molar-refractivity contribution is 5.76. The second-order valence-electron chi connectivity index (χ2n) is 1.95. The molecule has 0 aliphatic rings. The summed E-state index contributed by atoms with van der Waals surface area (Å²) in [6.45, 7) is 4.00. The molecular formula is C7H16N2O3. The zero-order chi connectivity index (χ0) is 10.1. The lowest BCUT2D eigenvalue weighted by molar-refractivity contribution is -0.138. The van der Waals surface area contributed by atoms with E-state index in [-0.39, 0.29) is 12.8 Å². The Hall–Kier alpha value is -1.10. The van der Waals surface area contributed by atoms with Gasteiger partial charge in [0.25, 0.3) is 0 Å². The topological polar surface area (TPSA) is 106 Å². The molecule has 72 valence electrons. The maximum absolute atomic E-state index is 10.1. The van der Waals surface area contributed by atoms with Crippen LogP contribution in [0.1, 0.15) is 26.7 Å². The Labute approximate surface area is 71.7 Å². The summed E-state index contributed by atoms with van der Waals surface area (Å²) in [5.41, 5.74) is 9.81. The predicted molar refractivity (Wildman–Crippen MR) is 45.4 cm³/mol. The SMILES string of the molecule is CC.NC(=O)CCC(N)C(=O)O. The van der Waals surface area contributed by atoms with Crippen molar-refractivity contribution in [3.63, 3.8) is 0 Å². The van der Waals surface area contributed by atoms with Crippen LogP contribution in [0, 0.1) is 0 Å². The van der Waals surface area contributed by atoms with Gasteiger partial charge in [0.1, 0.15) is 6.04 Å². The molecule has 5 N–H and O–H groups in total. The van der Waals surface area contributed by atoms with Crippen molar-refractivity contribution in [2.24, 2.45) is 11.5 Å². The summed E-state index contributed by atoms with van der Waals surface area (Å²) in [6.07, 6.45) is 0.123. The summed E-state index contributed by atoms with van der Waals surface area (Å²) in [6, 6.07) is -0.979. The minimum atomic E-state index is -1.11. The Balaban J connectivity index is 0. The number of amides is 1. The number of hydrogen-bond donors (Lipinski definition) is 3. The van der Waals surface area contributed by atoms with E-state index in [0.717, 1.165) is 0 Å². The Kier molecular flexibility index (Phi) is 8.99. The Morgan fingerprint density at radius 1 is 1.42 bits per heavy atom. The molecule has 5 nitrogen and oxygen atoms in total. The molecule has 0 fully saturated rings. The fraction of sp³-hybridized carbons (Fsp3) is 0.714. The number of carboxylic acids is 1. The normalized spacial score (nSPS) is 10.9. The highest BCUT2D eigenvalue weighted by Gasteiger charge is 2.11. The van der Waals surface area contributed by atoms with Crippen molar-refractivity contribution in [1.82, 2.24) is 0 Å². The Morgan fingerprint density at radius 3 is 2.08 bits per heavy atom. The van der Waals surface area contributed by atoms with Crippen LogP contribution in [0.3, 0.4) is 0 Å². The molecule has 0 aromatic rings. The van der Waals surface area contributed by atoms with Crippen molar-refractivity contribution in [2.75, 3.05) is 0 Å².